The van der Waals surface area contributed by atoms with Crippen molar-refractivity contribution < 1.29 is 17.9 Å². The molecule has 0 saturated heterocycles. The van der Waals surface area contributed by atoms with Crippen molar-refractivity contribution in [1.82, 2.24) is 15.1 Å². The van der Waals surface area contributed by atoms with E-state index in [0.29, 0.717) is 18.7 Å². The summed E-state index contributed by atoms with van der Waals surface area (Å²) in [7, 11) is 1.53. The summed E-state index contributed by atoms with van der Waals surface area (Å²) in [6.45, 7) is 4.95. The molecule has 2 aromatic carbocycles. The smallest absolute Gasteiger partial charge is 0.151 e. The van der Waals surface area contributed by atoms with E-state index in [0.717, 1.165) is 28.6 Å². The van der Waals surface area contributed by atoms with Gasteiger partial charge in [-0.15, -0.1) is 0 Å². The number of nitrogens with one attached hydrogen (secondary N) is 1. The minimum absolute atomic E-state index is 0.205. The van der Waals surface area contributed by atoms with Crippen LogP contribution in [0.5, 0.6) is 0 Å². The molecule has 0 saturated carbocycles. The molecule has 148 valence electrons. The molecule has 0 aliphatic carbocycles. The maximum absolute atomic E-state index is 14.1. The Bertz CT molecular complexity index is 985. The molecule has 28 heavy (non-hydrogen) atoms. The molecular formula is C21H22F3N3O. The Hall–Kier alpha value is -2.64. The fraction of sp³-hybridized carbons (Fsp3) is 0.286. The highest BCUT2D eigenvalue weighted by molar-refractivity contribution is 5.38. The second-order valence-electron chi connectivity index (χ2n) is 6.62. The maximum Gasteiger partial charge on any atom is 0.151 e. The standard InChI is InChI=1S/C21H22F3N3O/c1-13-18(11-25-10-15-4-6-19(23)16(8-15)12-28-3)14(2)27(26-13)21-7-5-17(22)9-20(21)24/h4-9,25H,10-12H2,1-3H3. The molecule has 1 N–H and O–H groups in total. The monoisotopic (exact) mass is 389 g/mol. The molecule has 0 amide bonds. The van der Waals surface area contributed by atoms with Crippen LogP contribution in [0.2, 0.25) is 0 Å². The van der Waals surface area contributed by atoms with Crippen LogP contribution < -0.4 is 5.32 Å². The quantitative estimate of drug-likeness (QED) is 0.653. The molecule has 0 aliphatic rings. The third-order valence-corrected chi connectivity index (χ3v) is 4.62. The van der Waals surface area contributed by atoms with Crippen LogP contribution in [0.15, 0.2) is 36.4 Å². The number of aryl methyl sites for hydroxylation is 1. The molecule has 7 heteroatoms. The van der Waals surface area contributed by atoms with E-state index in [2.05, 4.69) is 10.4 Å². The van der Waals surface area contributed by atoms with E-state index in [1.54, 1.807) is 12.1 Å². The van der Waals surface area contributed by atoms with Crippen molar-refractivity contribution in [2.24, 2.45) is 0 Å². The Kier molecular flexibility index (Phi) is 6.16. The number of benzene rings is 2. The maximum atomic E-state index is 14.1. The normalized spacial score (nSPS) is 11.2. The molecule has 0 atom stereocenters. The van der Waals surface area contributed by atoms with E-state index < -0.39 is 11.6 Å². The summed E-state index contributed by atoms with van der Waals surface area (Å²) in [5.41, 5.74) is 4.11. The van der Waals surface area contributed by atoms with Gasteiger partial charge in [0.05, 0.1) is 12.3 Å². The molecule has 0 radical (unpaired) electrons. The lowest BCUT2D eigenvalue weighted by Crippen LogP contribution is -2.14. The van der Waals surface area contributed by atoms with Crippen molar-refractivity contribution in [3.8, 4) is 5.69 Å². The predicted octanol–water partition coefficient (Wildman–Crippen LogP) is 4.34. The topological polar surface area (TPSA) is 39.1 Å². The van der Waals surface area contributed by atoms with Gasteiger partial charge >= 0.3 is 0 Å². The third kappa shape index (κ3) is 4.26. The van der Waals surface area contributed by atoms with Gasteiger partial charge in [0, 0.05) is 43.1 Å². The average molecular weight is 389 g/mol. The average Bonchev–Trinajstić information content (AvgIpc) is 2.92. The first-order valence-corrected chi connectivity index (χ1v) is 8.88. The van der Waals surface area contributed by atoms with Crippen LogP contribution >= 0.6 is 0 Å². The van der Waals surface area contributed by atoms with Crippen molar-refractivity contribution in [1.29, 1.82) is 0 Å². The number of rotatable bonds is 7. The molecule has 0 aliphatic heterocycles. The molecule has 3 rings (SSSR count). The predicted molar refractivity (Wildman–Crippen MR) is 101 cm³/mol. The van der Waals surface area contributed by atoms with Crippen molar-refractivity contribution in [2.45, 2.75) is 33.5 Å². The molecule has 0 spiro atoms. The Morgan fingerprint density at radius 1 is 1.00 bits per heavy atom. The summed E-state index contributed by atoms with van der Waals surface area (Å²) in [5.74, 6) is -1.58. The van der Waals surface area contributed by atoms with Crippen LogP contribution in [0.4, 0.5) is 13.2 Å². The van der Waals surface area contributed by atoms with Crippen LogP contribution in [-0.2, 0) is 24.4 Å². The van der Waals surface area contributed by atoms with Gasteiger partial charge < -0.3 is 10.1 Å². The van der Waals surface area contributed by atoms with Gasteiger partial charge in [-0.05, 0) is 43.7 Å². The minimum Gasteiger partial charge on any atom is -0.380 e. The van der Waals surface area contributed by atoms with E-state index in [9.17, 15) is 13.2 Å². The highest BCUT2D eigenvalue weighted by Crippen LogP contribution is 2.21. The van der Waals surface area contributed by atoms with Gasteiger partial charge in [0.25, 0.3) is 0 Å². The summed E-state index contributed by atoms with van der Waals surface area (Å²) in [4.78, 5) is 0. The number of ether oxygens (including phenoxy) is 1. The van der Waals surface area contributed by atoms with Crippen LogP contribution in [0, 0.1) is 31.3 Å². The summed E-state index contributed by atoms with van der Waals surface area (Å²) < 4.78 is 47.5. The minimum atomic E-state index is -0.665. The molecule has 0 fully saturated rings. The molecule has 3 aromatic rings. The lowest BCUT2D eigenvalue weighted by Gasteiger charge is -2.09. The van der Waals surface area contributed by atoms with Crippen molar-refractivity contribution in [2.75, 3.05) is 7.11 Å². The SMILES string of the molecule is COCc1cc(CNCc2c(C)nn(-c3ccc(F)cc3F)c2C)ccc1F. The van der Waals surface area contributed by atoms with E-state index >= 15 is 0 Å². The highest BCUT2D eigenvalue weighted by Gasteiger charge is 2.15. The molecule has 1 aromatic heterocycles. The summed E-state index contributed by atoms with van der Waals surface area (Å²) in [6, 6.07) is 8.34. The number of hydrogen-bond acceptors (Lipinski definition) is 3. The highest BCUT2D eigenvalue weighted by atomic mass is 19.1. The lowest BCUT2D eigenvalue weighted by molar-refractivity contribution is 0.181. The molecule has 0 bridgehead atoms. The van der Waals surface area contributed by atoms with Crippen LogP contribution in [0.3, 0.4) is 0 Å². The second kappa shape index (κ2) is 8.58. The number of nitrogens with zero attached hydrogens (tertiary/aromatic N) is 2. The first kappa shape index (κ1) is 20.1. The summed E-state index contributed by atoms with van der Waals surface area (Å²) in [5, 5.41) is 7.70. The number of halogens is 3. The Morgan fingerprint density at radius 3 is 2.50 bits per heavy atom. The van der Waals surface area contributed by atoms with Gasteiger partial charge in [-0.2, -0.15) is 5.10 Å². The van der Waals surface area contributed by atoms with Gasteiger partial charge in [-0.1, -0.05) is 6.07 Å². The zero-order valence-corrected chi connectivity index (χ0v) is 16.0. The number of hydrogen-bond donors (Lipinski definition) is 1. The van der Waals surface area contributed by atoms with Gasteiger partial charge in [-0.25, -0.2) is 17.9 Å². The Morgan fingerprint density at radius 2 is 1.79 bits per heavy atom. The molecule has 4 nitrogen and oxygen atoms in total. The molecule has 0 unspecified atom stereocenters. The van der Waals surface area contributed by atoms with Gasteiger partial charge in [-0.3, -0.25) is 0 Å². The van der Waals surface area contributed by atoms with Gasteiger partial charge in [0.15, 0.2) is 5.82 Å². The van der Waals surface area contributed by atoms with E-state index in [4.69, 9.17) is 4.74 Å². The van der Waals surface area contributed by atoms with Crippen molar-refractivity contribution in [3.63, 3.8) is 0 Å². The zero-order valence-electron chi connectivity index (χ0n) is 16.0. The first-order valence-electron chi connectivity index (χ1n) is 8.88. The fourth-order valence-corrected chi connectivity index (χ4v) is 3.15. The van der Waals surface area contributed by atoms with Crippen molar-refractivity contribution in [3.05, 3.63) is 81.9 Å². The van der Waals surface area contributed by atoms with Crippen LogP contribution in [0.25, 0.3) is 5.69 Å². The summed E-state index contributed by atoms with van der Waals surface area (Å²) >= 11 is 0. The number of aromatic nitrogens is 2. The third-order valence-electron chi connectivity index (χ3n) is 4.62. The lowest BCUT2D eigenvalue weighted by atomic mass is 10.1. The van der Waals surface area contributed by atoms with E-state index in [1.807, 2.05) is 13.8 Å². The molecular weight excluding hydrogens is 367 g/mol. The molecule has 1 heterocycles. The van der Waals surface area contributed by atoms with Crippen molar-refractivity contribution >= 4 is 0 Å². The largest absolute Gasteiger partial charge is 0.380 e. The van der Waals surface area contributed by atoms with Crippen LogP contribution in [0.1, 0.15) is 28.1 Å². The zero-order chi connectivity index (χ0) is 20.3. The van der Waals surface area contributed by atoms with E-state index in [-0.39, 0.29) is 18.1 Å². The van der Waals surface area contributed by atoms with Gasteiger partial charge in [0.1, 0.15) is 17.3 Å². The van der Waals surface area contributed by atoms with E-state index in [1.165, 1.54) is 30.0 Å². The van der Waals surface area contributed by atoms with Crippen LogP contribution in [-0.4, -0.2) is 16.9 Å². The summed E-state index contributed by atoms with van der Waals surface area (Å²) in [6.07, 6.45) is 0. The Balaban J connectivity index is 1.74. The second-order valence-corrected chi connectivity index (χ2v) is 6.62. The van der Waals surface area contributed by atoms with Gasteiger partial charge in [0.2, 0.25) is 0 Å². The fourth-order valence-electron chi connectivity index (χ4n) is 3.15. The first-order chi connectivity index (χ1) is 13.4. The Labute approximate surface area is 162 Å². The number of methoxy groups -OCH3 is 1.